The highest BCUT2D eigenvalue weighted by molar-refractivity contribution is 7.13. The van der Waals surface area contributed by atoms with Gasteiger partial charge in [-0.2, -0.15) is 18.3 Å². The molecule has 1 aliphatic rings. The molecule has 1 fully saturated rings. The molecule has 5 rings (SSSR count). The van der Waals surface area contributed by atoms with Crippen molar-refractivity contribution in [2.45, 2.75) is 44.9 Å². The van der Waals surface area contributed by atoms with Gasteiger partial charge in [0.05, 0.1) is 16.8 Å². The number of piperidine rings is 1. The van der Waals surface area contributed by atoms with Crippen LogP contribution in [0.4, 0.5) is 17.6 Å². The molecule has 0 radical (unpaired) electrons. The third kappa shape index (κ3) is 6.01. The van der Waals surface area contributed by atoms with Crippen molar-refractivity contribution in [2.24, 2.45) is 0 Å². The Morgan fingerprint density at radius 1 is 1.14 bits per heavy atom. The van der Waals surface area contributed by atoms with Gasteiger partial charge in [0.2, 0.25) is 5.91 Å². The average Bonchev–Trinajstić information content (AvgIpc) is 3.64. The van der Waals surface area contributed by atoms with Crippen LogP contribution in [0.5, 0.6) is 5.75 Å². The standard InChI is InChI=1S/C29H26F4N4O4S/c1-2-25(38)36-11-8-17(9-12-36)18-6-7-23(21(30)14-18)41-16-19-10-13-42-26(19)22-4-3-5-24(35-22)37-27(29(31,32)33)20(15-34-37)28(39)40/h3-7,10,13-15,17H,2,8-9,11-12,16H2,1H3,(H,39,40). The summed E-state index contributed by atoms with van der Waals surface area (Å²) in [5.41, 5.74) is -0.601. The maximum absolute atomic E-state index is 15.0. The molecule has 0 aliphatic carbocycles. The van der Waals surface area contributed by atoms with Crippen molar-refractivity contribution in [3.05, 3.63) is 82.2 Å². The van der Waals surface area contributed by atoms with Gasteiger partial charge < -0.3 is 14.7 Å². The lowest BCUT2D eigenvalue weighted by Gasteiger charge is -2.32. The molecule has 13 heteroatoms. The molecule has 0 unspecified atom stereocenters. The minimum Gasteiger partial charge on any atom is -0.486 e. The Bertz CT molecular complexity index is 1610. The lowest BCUT2D eigenvalue weighted by Crippen LogP contribution is -2.37. The Kier molecular flexibility index (Phi) is 8.30. The summed E-state index contributed by atoms with van der Waals surface area (Å²) >= 11 is 1.28. The molecule has 0 saturated carbocycles. The molecule has 1 N–H and O–H groups in total. The van der Waals surface area contributed by atoms with Crippen molar-refractivity contribution in [3.63, 3.8) is 0 Å². The Hall–Kier alpha value is -4.26. The fourth-order valence-corrected chi connectivity index (χ4v) is 5.90. The third-order valence-corrected chi connectivity index (χ3v) is 8.14. The number of rotatable bonds is 8. The maximum atomic E-state index is 15.0. The number of aromatic carboxylic acids is 1. The molecule has 0 spiro atoms. The van der Waals surface area contributed by atoms with Crippen molar-refractivity contribution in [1.82, 2.24) is 19.7 Å². The van der Waals surface area contributed by atoms with Crippen LogP contribution in [-0.2, 0) is 17.6 Å². The van der Waals surface area contributed by atoms with E-state index >= 15 is 4.39 Å². The summed E-state index contributed by atoms with van der Waals surface area (Å²) in [7, 11) is 0. The van der Waals surface area contributed by atoms with Gasteiger partial charge in [0.1, 0.15) is 12.2 Å². The van der Waals surface area contributed by atoms with Gasteiger partial charge in [-0.05, 0) is 60.0 Å². The van der Waals surface area contributed by atoms with Gasteiger partial charge in [0.25, 0.3) is 0 Å². The van der Waals surface area contributed by atoms with Gasteiger partial charge in [0, 0.05) is 25.1 Å². The second kappa shape index (κ2) is 11.9. The molecule has 4 heterocycles. The number of amides is 1. The zero-order chi connectivity index (χ0) is 30.0. The van der Waals surface area contributed by atoms with Crippen LogP contribution in [0.25, 0.3) is 16.4 Å². The van der Waals surface area contributed by atoms with Crippen LogP contribution in [0.2, 0.25) is 0 Å². The van der Waals surface area contributed by atoms with Crippen LogP contribution < -0.4 is 4.74 Å². The Morgan fingerprint density at radius 2 is 1.90 bits per heavy atom. The van der Waals surface area contributed by atoms with Gasteiger partial charge in [0.15, 0.2) is 23.1 Å². The molecule has 0 atom stereocenters. The number of aromatic nitrogens is 3. The molecule has 42 heavy (non-hydrogen) atoms. The highest BCUT2D eigenvalue weighted by Crippen LogP contribution is 2.35. The van der Waals surface area contributed by atoms with E-state index in [0.29, 0.717) is 46.5 Å². The van der Waals surface area contributed by atoms with Gasteiger partial charge in [-0.15, -0.1) is 11.3 Å². The number of carboxylic acids is 1. The quantitative estimate of drug-likeness (QED) is 0.230. The number of carbonyl (C=O) groups is 2. The van der Waals surface area contributed by atoms with Crippen molar-refractivity contribution in [3.8, 4) is 22.1 Å². The molecule has 0 bridgehead atoms. The summed E-state index contributed by atoms with van der Waals surface area (Å²) in [6.07, 6.45) is -2.35. The summed E-state index contributed by atoms with van der Waals surface area (Å²) < 4.78 is 62.3. The number of hydrogen-bond acceptors (Lipinski definition) is 6. The number of hydrogen-bond donors (Lipinski definition) is 1. The monoisotopic (exact) mass is 602 g/mol. The van der Waals surface area contributed by atoms with Crippen LogP contribution in [-0.4, -0.2) is 49.7 Å². The first kappa shape index (κ1) is 29.2. The lowest BCUT2D eigenvalue weighted by atomic mass is 9.89. The number of carbonyl (C=O) groups excluding carboxylic acids is 1. The average molecular weight is 603 g/mol. The largest absolute Gasteiger partial charge is 0.486 e. The molecule has 4 aromatic rings. The van der Waals surface area contributed by atoms with Gasteiger partial charge in [-0.25, -0.2) is 18.9 Å². The number of ether oxygens (including phenoxy) is 1. The molecule has 1 amide bonds. The van der Waals surface area contributed by atoms with E-state index in [9.17, 15) is 27.9 Å². The van der Waals surface area contributed by atoms with Crippen LogP contribution in [0, 0.1) is 5.82 Å². The number of alkyl halides is 3. The van der Waals surface area contributed by atoms with E-state index in [0.717, 1.165) is 18.4 Å². The molecule has 3 aromatic heterocycles. The molecule has 8 nitrogen and oxygen atoms in total. The molecule has 1 aliphatic heterocycles. The molecule has 1 saturated heterocycles. The smallest absolute Gasteiger partial charge is 0.434 e. The van der Waals surface area contributed by atoms with E-state index in [-0.39, 0.29) is 30.0 Å². The molecule has 1 aromatic carbocycles. The minimum atomic E-state index is -4.98. The number of likely N-dealkylation sites (tertiary alicyclic amines) is 1. The highest BCUT2D eigenvalue weighted by Gasteiger charge is 2.41. The van der Waals surface area contributed by atoms with E-state index in [2.05, 4.69) is 10.1 Å². The number of halogens is 4. The van der Waals surface area contributed by atoms with E-state index in [1.165, 1.54) is 29.5 Å². The van der Waals surface area contributed by atoms with Gasteiger partial charge in [-0.3, -0.25) is 4.79 Å². The summed E-state index contributed by atoms with van der Waals surface area (Å²) in [6.45, 7) is 3.11. The van der Waals surface area contributed by atoms with E-state index in [1.54, 1.807) is 23.6 Å². The van der Waals surface area contributed by atoms with Gasteiger partial charge >= 0.3 is 12.1 Å². The number of thiophene rings is 1. The fourth-order valence-electron chi connectivity index (χ4n) is 5.02. The maximum Gasteiger partial charge on any atom is 0.434 e. The first-order valence-corrected chi connectivity index (χ1v) is 14.1. The molecular weight excluding hydrogens is 576 g/mol. The van der Waals surface area contributed by atoms with Crippen molar-refractivity contribution in [1.29, 1.82) is 0 Å². The second-order valence-corrected chi connectivity index (χ2v) is 10.7. The van der Waals surface area contributed by atoms with Crippen LogP contribution in [0.15, 0.2) is 54.0 Å². The topological polar surface area (TPSA) is 97.6 Å². The third-order valence-electron chi connectivity index (χ3n) is 7.16. The predicted molar refractivity (Wildman–Crippen MR) is 146 cm³/mol. The van der Waals surface area contributed by atoms with Crippen LogP contribution >= 0.6 is 11.3 Å². The first-order valence-electron chi connectivity index (χ1n) is 13.2. The van der Waals surface area contributed by atoms with Crippen molar-refractivity contribution in [2.75, 3.05) is 13.1 Å². The number of benzene rings is 1. The minimum absolute atomic E-state index is 0.0166. The Balaban J connectivity index is 1.31. The summed E-state index contributed by atoms with van der Waals surface area (Å²) in [6, 6.07) is 11.0. The Morgan fingerprint density at radius 3 is 2.57 bits per heavy atom. The van der Waals surface area contributed by atoms with Crippen molar-refractivity contribution < 1.29 is 37.0 Å². The zero-order valence-corrected chi connectivity index (χ0v) is 23.2. The molecule has 220 valence electrons. The van der Waals surface area contributed by atoms with Crippen LogP contribution in [0.1, 0.15) is 59.3 Å². The zero-order valence-electron chi connectivity index (χ0n) is 22.4. The summed E-state index contributed by atoms with van der Waals surface area (Å²) in [5.74, 6) is -2.14. The van der Waals surface area contributed by atoms with Gasteiger partial charge in [-0.1, -0.05) is 19.1 Å². The van der Waals surface area contributed by atoms with E-state index in [1.807, 2.05) is 17.9 Å². The number of nitrogens with zero attached hydrogens (tertiary/aromatic N) is 4. The second-order valence-electron chi connectivity index (χ2n) is 9.76. The van der Waals surface area contributed by atoms with Crippen LogP contribution in [0.3, 0.4) is 0 Å². The summed E-state index contributed by atoms with van der Waals surface area (Å²) in [4.78, 5) is 30.0. The predicted octanol–water partition coefficient (Wildman–Crippen LogP) is 6.55. The normalized spacial score (nSPS) is 14.3. The summed E-state index contributed by atoms with van der Waals surface area (Å²) in [5, 5.41) is 14.6. The number of pyridine rings is 1. The van der Waals surface area contributed by atoms with E-state index in [4.69, 9.17) is 4.74 Å². The lowest BCUT2D eigenvalue weighted by molar-refractivity contribution is -0.143. The number of carboxylic acid groups (broad SMARTS) is 1. The first-order chi connectivity index (χ1) is 20.1. The SMILES string of the molecule is CCC(=O)N1CCC(c2ccc(OCc3ccsc3-c3cccc(-n4ncc(C(=O)O)c4C(F)(F)F)n3)c(F)c2)CC1. The van der Waals surface area contributed by atoms with Crippen molar-refractivity contribution >= 4 is 23.2 Å². The fraction of sp³-hybridized carbons (Fsp3) is 0.310. The highest BCUT2D eigenvalue weighted by atomic mass is 32.1. The molecular formula is C29H26F4N4O4S. The Labute approximate surface area is 242 Å². The van der Waals surface area contributed by atoms with E-state index < -0.39 is 29.2 Å².